The van der Waals surface area contributed by atoms with E-state index in [0.717, 1.165) is 40.8 Å². The number of ether oxygens (including phenoxy) is 1. The van der Waals surface area contributed by atoms with Crippen LogP contribution in [0.4, 0.5) is 0 Å². The first kappa shape index (κ1) is 12.7. The van der Waals surface area contributed by atoms with Crippen molar-refractivity contribution in [1.29, 1.82) is 0 Å². The Labute approximate surface area is 118 Å². The van der Waals surface area contributed by atoms with E-state index in [2.05, 4.69) is 6.58 Å². The van der Waals surface area contributed by atoms with Crippen molar-refractivity contribution in [3.05, 3.63) is 77.1 Å². The average Bonchev–Trinajstić information content (AvgIpc) is 2.48. The van der Waals surface area contributed by atoms with E-state index in [9.17, 15) is 4.79 Å². The Morgan fingerprint density at radius 3 is 2.70 bits per heavy atom. The van der Waals surface area contributed by atoms with E-state index < -0.39 is 0 Å². The smallest absolute Gasteiger partial charge is 0.193 e. The zero-order valence-corrected chi connectivity index (χ0v) is 11.5. The maximum absolute atomic E-state index is 12.5. The number of carbonyl (C=O) groups is 1. The maximum Gasteiger partial charge on any atom is 0.193 e. The van der Waals surface area contributed by atoms with Crippen LogP contribution in [-0.4, -0.2) is 5.78 Å². The second kappa shape index (κ2) is 4.97. The molecule has 2 aromatic carbocycles. The first-order valence-corrected chi connectivity index (χ1v) is 6.81. The molecule has 0 saturated carbocycles. The van der Waals surface area contributed by atoms with Gasteiger partial charge in [-0.1, -0.05) is 49.9 Å². The van der Waals surface area contributed by atoms with Crippen LogP contribution in [0.5, 0.6) is 5.75 Å². The molecule has 0 saturated heterocycles. The van der Waals surface area contributed by atoms with Crippen molar-refractivity contribution in [2.24, 2.45) is 0 Å². The molecule has 0 fully saturated rings. The van der Waals surface area contributed by atoms with E-state index in [1.54, 1.807) is 0 Å². The van der Waals surface area contributed by atoms with Crippen LogP contribution in [0, 0.1) is 0 Å². The third-order valence-corrected chi connectivity index (χ3v) is 3.66. The van der Waals surface area contributed by atoms with Gasteiger partial charge in [-0.2, -0.15) is 0 Å². The molecule has 0 radical (unpaired) electrons. The molecule has 0 heterocycles. The minimum atomic E-state index is 0.0782. The van der Waals surface area contributed by atoms with Gasteiger partial charge in [0.2, 0.25) is 0 Å². The Bertz CT molecular complexity index is 698. The van der Waals surface area contributed by atoms with Crippen LogP contribution in [-0.2, 0) is 6.42 Å². The number of rotatable bonds is 3. The second-order valence-corrected chi connectivity index (χ2v) is 4.94. The van der Waals surface area contributed by atoms with Gasteiger partial charge in [0.15, 0.2) is 5.78 Å². The van der Waals surface area contributed by atoms with Crippen LogP contribution >= 0.6 is 0 Å². The van der Waals surface area contributed by atoms with Crippen LogP contribution in [0.15, 0.2) is 54.8 Å². The number of fused-ring (bicyclic) bond motifs is 2. The summed E-state index contributed by atoms with van der Waals surface area (Å²) >= 11 is 0. The highest BCUT2D eigenvalue weighted by Gasteiger charge is 2.25. The van der Waals surface area contributed by atoms with Gasteiger partial charge in [-0.15, -0.1) is 0 Å². The maximum atomic E-state index is 12.5. The molecule has 0 atom stereocenters. The number of ketones is 1. The molecule has 3 rings (SSSR count). The summed E-state index contributed by atoms with van der Waals surface area (Å²) < 4.78 is 5.78. The van der Waals surface area contributed by atoms with E-state index in [1.165, 1.54) is 0 Å². The summed E-state index contributed by atoms with van der Waals surface area (Å²) in [4.78, 5) is 12.5. The van der Waals surface area contributed by atoms with Crippen LogP contribution in [0.2, 0.25) is 0 Å². The largest absolute Gasteiger partial charge is 0.462 e. The standard InChI is InChI=1S/C18H16O2/c1-3-12(2)20-17-10-6-9-15-16(17)11-13-7-4-5-8-14(13)18(15)19/h4-10H,2-3,11H2,1H3. The van der Waals surface area contributed by atoms with E-state index in [0.29, 0.717) is 5.76 Å². The van der Waals surface area contributed by atoms with Crippen molar-refractivity contribution in [3.8, 4) is 5.75 Å². The fourth-order valence-corrected chi connectivity index (χ4v) is 2.52. The summed E-state index contributed by atoms with van der Waals surface area (Å²) in [5, 5.41) is 0. The molecule has 0 spiro atoms. The van der Waals surface area contributed by atoms with Gasteiger partial charge in [-0.3, -0.25) is 4.79 Å². The van der Waals surface area contributed by atoms with E-state index in [-0.39, 0.29) is 5.78 Å². The Hall–Kier alpha value is -2.35. The average molecular weight is 264 g/mol. The molecule has 2 heteroatoms. The minimum absolute atomic E-state index is 0.0782. The third kappa shape index (κ3) is 2.03. The molecule has 2 aromatic rings. The van der Waals surface area contributed by atoms with Crippen molar-refractivity contribution in [1.82, 2.24) is 0 Å². The number of benzene rings is 2. The Balaban J connectivity index is 2.08. The molecule has 0 bridgehead atoms. The second-order valence-electron chi connectivity index (χ2n) is 4.94. The molecule has 0 N–H and O–H groups in total. The van der Waals surface area contributed by atoms with Gasteiger partial charge in [0.05, 0.1) is 5.76 Å². The van der Waals surface area contributed by atoms with Crippen molar-refractivity contribution < 1.29 is 9.53 Å². The topological polar surface area (TPSA) is 26.3 Å². The van der Waals surface area contributed by atoms with E-state index >= 15 is 0 Å². The number of allylic oxidation sites excluding steroid dienone is 1. The van der Waals surface area contributed by atoms with Crippen LogP contribution in [0.1, 0.15) is 40.4 Å². The fraction of sp³-hybridized carbons (Fsp3) is 0.167. The zero-order chi connectivity index (χ0) is 14.1. The molecular formula is C18H16O2. The zero-order valence-electron chi connectivity index (χ0n) is 11.5. The molecule has 20 heavy (non-hydrogen) atoms. The molecule has 0 aromatic heterocycles. The van der Waals surface area contributed by atoms with Crippen LogP contribution < -0.4 is 4.74 Å². The lowest BCUT2D eigenvalue weighted by molar-refractivity contribution is 0.103. The SMILES string of the molecule is C=C(CC)Oc1cccc2c1Cc1ccccc1C2=O. The molecule has 1 aliphatic rings. The van der Waals surface area contributed by atoms with Gasteiger partial charge >= 0.3 is 0 Å². The highest BCUT2D eigenvalue weighted by atomic mass is 16.5. The number of hydrogen-bond donors (Lipinski definition) is 0. The van der Waals surface area contributed by atoms with Crippen molar-refractivity contribution in [2.75, 3.05) is 0 Å². The molecular weight excluding hydrogens is 248 g/mol. The lowest BCUT2D eigenvalue weighted by Crippen LogP contribution is -2.16. The molecule has 0 amide bonds. The first-order valence-electron chi connectivity index (χ1n) is 6.81. The lowest BCUT2D eigenvalue weighted by Gasteiger charge is -2.21. The van der Waals surface area contributed by atoms with Gasteiger partial charge in [-0.05, 0) is 11.6 Å². The molecule has 100 valence electrons. The minimum Gasteiger partial charge on any atom is -0.462 e. The quantitative estimate of drug-likeness (QED) is 0.665. The number of carbonyl (C=O) groups excluding carboxylic acids is 1. The van der Waals surface area contributed by atoms with Crippen molar-refractivity contribution >= 4 is 5.78 Å². The number of hydrogen-bond acceptors (Lipinski definition) is 2. The summed E-state index contributed by atoms with van der Waals surface area (Å²) in [6.45, 7) is 5.87. The first-order chi connectivity index (χ1) is 9.70. The Morgan fingerprint density at radius 2 is 1.90 bits per heavy atom. The summed E-state index contributed by atoms with van der Waals surface area (Å²) in [5.41, 5.74) is 3.56. The predicted molar refractivity (Wildman–Crippen MR) is 79.2 cm³/mol. The monoisotopic (exact) mass is 264 g/mol. The van der Waals surface area contributed by atoms with Crippen LogP contribution in [0.25, 0.3) is 0 Å². The molecule has 0 unspecified atom stereocenters. The normalized spacial score (nSPS) is 12.6. The fourth-order valence-electron chi connectivity index (χ4n) is 2.52. The Kier molecular flexibility index (Phi) is 3.15. The van der Waals surface area contributed by atoms with Crippen molar-refractivity contribution in [3.63, 3.8) is 0 Å². The summed E-state index contributed by atoms with van der Waals surface area (Å²) in [5.74, 6) is 1.54. The van der Waals surface area contributed by atoms with E-state index in [1.807, 2.05) is 49.4 Å². The summed E-state index contributed by atoms with van der Waals surface area (Å²) in [7, 11) is 0. The van der Waals surface area contributed by atoms with Gasteiger partial charge in [0.25, 0.3) is 0 Å². The summed E-state index contributed by atoms with van der Waals surface area (Å²) in [6.07, 6.45) is 1.48. The third-order valence-electron chi connectivity index (χ3n) is 3.66. The molecule has 0 aliphatic heterocycles. The van der Waals surface area contributed by atoms with Gasteiger partial charge in [0, 0.05) is 29.5 Å². The Morgan fingerprint density at radius 1 is 1.15 bits per heavy atom. The van der Waals surface area contributed by atoms with Crippen LogP contribution in [0.3, 0.4) is 0 Å². The van der Waals surface area contributed by atoms with Gasteiger partial charge < -0.3 is 4.74 Å². The highest BCUT2D eigenvalue weighted by Crippen LogP contribution is 2.33. The van der Waals surface area contributed by atoms with Gasteiger partial charge in [-0.25, -0.2) is 0 Å². The van der Waals surface area contributed by atoms with Gasteiger partial charge in [0.1, 0.15) is 5.75 Å². The lowest BCUT2D eigenvalue weighted by atomic mass is 9.84. The molecule has 2 nitrogen and oxygen atoms in total. The van der Waals surface area contributed by atoms with E-state index in [4.69, 9.17) is 4.74 Å². The van der Waals surface area contributed by atoms with Crippen molar-refractivity contribution in [2.45, 2.75) is 19.8 Å². The highest BCUT2D eigenvalue weighted by molar-refractivity contribution is 6.12. The molecule has 1 aliphatic carbocycles. The summed E-state index contributed by atoms with van der Waals surface area (Å²) in [6, 6.07) is 13.4. The predicted octanol–water partition coefficient (Wildman–Crippen LogP) is 4.12.